The Kier molecular flexibility index (Phi) is 10.4. The van der Waals surface area contributed by atoms with Crippen LogP contribution in [0, 0.1) is 0 Å². The fraction of sp³-hybridized carbons (Fsp3) is 0.556. The van der Waals surface area contributed by atoms with Gasteiger partial charge < -0.3 is 47.1 Å². The summed E-state index contributed by atoms with van der Waals surface area (Å²) >= 11 is 0. The van der Waals surface area contributed by atoms with Crippen molar-refractivity contribution in [3.05, 3.63) is 18.2 Å². The monoisotopic (exact) mass is 472 g/mol. The van der Waals surface area contributed by atoms with Gasteiger partial charge in [-0.05, 0) is 13.8 Å². The van der Waals surface area contributed by atoms with Crippen LogP contribution >= 0.6 is 0 Å². The van der Waals surface area contributed by atoms with E-state index in [-0.39, 0.29) is 6.42 Å². The van der Waals surface area contributed by atoms with Gasteiger partial charge in [0.2, 0.25) is 17.7 Å². The Morgan fingerprint density at radius 1 is 0.970 bits per heavy atom. The van der Waals surface area contributed by atoms with Crippen LogP contribution in [0.25, 0.3) is 0 Å². The number of aromatic amines is 1. The number of aliphatic hydroxyl groups is 2. The van der Waals surface area contributed by atoms with Gasteiger partial charge in [-0.3, -0.25) is 19.2 Å². The predicted molar refractivity (Wildman–Crippen MR) is 109 cm³/mol. The molecular formula is C18H28N6O9. The van der Waals surface area contributed by atoms with Crippen LogP contribution in [0.5, 0.6) is 0 Å². The Morgan fingerprint density at radius 3 is 2.00 bits per heavy atom. The van der Waals surface area contributed by atoms with Gasteiger partial charge in [-0.1, -0.05) is 0 Å². The number of rotatable bonds is 13. The van der Waals surface area contributed by atoms with E-state index in [4.69, 9.17) is 15.9 Å². The van der Waals surface area contributed by atoms with Crippen molar-refractivity contribution < 1.29 is 44.4 Å². The smallest absolute Gasteiger partial charge is 0.328 e. The summed E-state index contributed by atoms with van der Waals surface area (Å²) in [5, 5.41) is 43.9. The van der Waals surface area contributed by atoms with Crippen LogP contribution in [-0.2, 0) is 30.4 Å². The molecule has 6 atom stereocenters. The summed E-state index contributed by atoms with van der Waals surface area (Å²) in [7, 11) is 0. The first-order chi connectivity index (χ1) is 15.3. The number of H-pyrrole nitrogens is 1. The van der Waals surface area contributed by atoms with Gasteiger partial charge in [0.25, 0.3) is 0 Å². The number of aliphatic carboxylic acids is 2. The van der Waals surface area contributed by atoms with Gasteiger partial charge in [0, 0.05) is 18.3 Å². The van der Waals surface area contributed by atoms with Crippen LogP contribution in [0.2, 0.25) is 0 Å². The lowest BCUT2D eigenvalue weighted by Crippen LogP contribution is -2.61. The standard InChI is InChI=1S/C18H28N6O9/c1-7(25)13(17(31)24-14(8(2)26)18(32)33)23-16(30)11(3-9-5-20-6-21-9)22-15(29)10(19)4-12(27)28/h5-8,10-11,13-14,25-26H,3-4,19H2,1-2H3,(H,20,21)(H,22,29)(H,23,30)(H,24,31)(H,27,28)(H,32,33). The molecule has 0 aliphatic carbocycles. The van der Waals surface area contributed by atoms with E-state index in [0.29, 0.717) is 5.69 Å². The van der Waals surface area contributed by atoms with Gasteiger partial charge in [0.15, 0.2) is 6.04 Å². The number of nitrogens with one attached hydrogen (secondary N) is 4. The van der Waals surface area contributed by atoms with Gasteiger partial charge in [-0.15, -0.1) is 0 Å². The molecule has 0 bridgehead atoms. The number of carbonyl (C=O) groups excluding carboxylic acids is 3. The second kappa shape index (κ2) is 12.5. The van der Waals surface area contributed by atoms with E-state index in [9.17, 15) is 34.2 Å². The molecule has 3 amide bonds. The van der Waals surface area contributed by atoms with Crippen molar-refractivity contribution in [3.8, 4) is 0 Å². The molecule has 10 N–H and O–H groups in total. The molecule has 15 nitrogen and oxygen atoms in total. The normalized spacial score (nSPS) is 16.4. The summed E-state index contributed by atoms with van der Waals surface area (Å²) in [6, 6.07) is -6.17. The molecule has 184 valence electrons. The van der Waals surface area contributed by atoms with Crippen LogP contribution in [0.4, 0.5) is 0 Å². The van der Waals surface area contributed by atoms with Crippen LogP contribution in [0.1, 0.15) is 26.0 Å². The number of hydrogen-bond donors (Lipinski definition) is 9. The number of carboxylic acids is 2. The molecule has 15 heteroatoms. The minimum absolute atomic E-state index is 0.156. The molecule has 1 rings (SSSR count). The van der Waals surface area contributed by atoms with E-state index in [1.807, 2.05) is 5.32 Å². The lowest BCUT2D eigenvalue weighted by Gasteiger charge is -2.26. The van der Waals surface area contributed by atoms with Crippen molar-refractivity contribution in [2.45, 2.75) is 63.1 Å². The molecule has 0 radical (unpaired) electrons. The van der Waals surface area contributed by atoms with Crippen molar-refractivity contribution in [2.24, 2.45) is 5.73 Å². The van der Waals surface area contributed by atoms with Crippen molar-refractivity contribution in [3.63, 3.8) is 0 Å². The molecule has 0 aliphatic rings. The molecule has 33 heavy (non-hydrogen) atoms. The number of aliphatic hydroxyl groups excluding tert-OH is 2. The zero-order chi connectivity index (χ0) is 25.3. The first-order valence-corrected chi connectivity index (χ1v) is 9.78. The first-order valence-electron chi connectivity index (χ1n) is 9.78. The first kappa shape index (κ1) is 27.5. The Bertz CT molecular complexity index is 842. The van der Waals surface area contributed by atoms with Crippen LogP contribution < -0.4 is 21.7 Å². The number of aromatic nitrogens is 2. The largest absolute Gasteiger partial charge is 0.481 e. The van der Waals surface area contributed by atoms with E-state index < -0.39 is 72.5 Å². The van der Waals surface area contributed by atoms with E-state index in [1.165, 1.54) is 12.5 Å². The Labute approximate surface area is 187 Å². The maximum atomic E-state index is 12.8. The van der Waals surface area contributed by atoms with Gasteiger partial charge in [-0.25, -0.2) is 9.78 Å². The van der Waals surface area contributed by atoms with Crippen molar-refractivity contribution in [1.29, 1.82) is 0 Å². The second-order valence-electron chi connectivity index (χ2n) is 7.34. The maximum absolute atomic E-state index is 12.8. The fourth-order valence-corrected chi connectivity index (χ4v) is 2.68. The third-order valence-corrected chi connectivity index (χ3v) is 4.45. The van der Waals surface area contributed by atoms with Crippen LogP contribution in [-0.4, -0.2) is 96.4 Å². The Balaban J connectivity index is 3.03. The zero-order valence-electron chi connectivity index (χ0n) is 17.9. The van der Waals surface area contributed by atoms with Gasteiger partial charge in [0.1, 0.15) is 12.1 Å². The molecule has 1 aromatic heterocycles. The highest BCUT2D eigenvalue weighted by Crippen LogP contribution is 2.04. The summed E-state index contributed by atoms with van der Waals surface area (Å²) in [4.78, 5) is 66.1. The average molecular weight is 472 g/mol. The van der Waals surface area contributed by atoms with E-state index >= 15 is 0 Å². The Hall–Kier alpha value is -3.56. The third kappa shape index (κ3) is 8.83. The number of nitrogens with two attached hydrogens (primary N) is 1. The number of nitrogens with zero attached hydrogens (tertiary/aromatic N) is 1. The summed E-state index contributed by atoms with van der Waals surface area (Å²) in [5.41, 5.74) is 5.92. The highest BCUT2D eigenvalue weighted by Gasteiger charge is 2.34. The fourth-order valence-electron chi connectivity index (χ4n) is 2.68. The van der Waals surface area contributed by atoms with E-state index in [0.717, 1.165) is 13.8 Å². The minimum atomic E-state index is -1.70. The Morgan fingerprint density at radius 2 is 1.55 bits per heavy atom. The topological polar surface area (TPSA) is 257 Å². The number of carbonyl (C=O) groups is 5. The summed E-state index contributed by atoms with van der Waals surface area (Å²) in [6.45, 7) is 2.29. The highest BCUT2D eigenvalue weighted by atomic mass is 16.4. The predicted octanol–water partition coefficient (Wildman–Crippen LogP) is -3.95. The van der Waals surface area contributed by atoms with E-state index in [1.54, 1.807) is 0 Å². The molecule has 1 heterocycles. The molecule has 0 saturated carbocycles. The molecule has 0 aliphatic heterocycles. The quantitative estimate of drug-likeness (QED) is 0.134. The van der Waals surface area contributed by atoms with Crippen LogP contribution in [0.3, 0.4) is 0 Å². The van der Waals surface area contributed by atoms with Gasteiger partial charge in [-0.2, -0.15) is 0 Å². The molecule has 6 unspecified atom stereocenters. The zero-order valence-corrected chi connectivity index (χ0v) is 17.9. The lowest BCUT2D eigenvalue weighted by molar-refractivity contribution is -0.146. The van der Waals surface area contributed by atoms with Gasteiger partial charge in [0.05, 0.1) is 31.0 Å². The minimum Gasteiger partial charge on any atom is -0.481 e. The summed E-state index contributed by atoms with van der Waals surface area (Å²) in [6.07, 6.45) is -1.13. The summed E-state index contributed by atoms with van der Waals surface area (Å²) < 4.78 is 0. The molecule has 1 aromatic rings. The molecular weight excluding hydrogens is 444 g/mol. The highest BCUT2D eigenvalue weighted by molar-refractivity contribution is 5.95. The molecule has 0 saturated heterocycles. The lowest BCUT2D eigenvalue weighted by atomic mass is 10.1. The number of hydrogen-bond acceptors (Lipinski definition) is 9. The second-order valence-corrected chi connectivity index (χ2v) is 7.34. The molecule has 0 aromatic carbocycles. The van der Waals surface area contributed by atoms with Crippen LogP contribution in [0.15, 0.2) is 12.5 Å². The third-order valence-electron chi connectivity index (χ3n) is 4.45. The van der Waals surface area contributed by atoms with Crippen molar-refractivity contribution in [2.75, 3.05) is 0 Å². The van der Waals surface area contributed by atoms with Crippen molar-refractivity contribution in [1.82, 2.24) is 25.9 Å². The number of carboxylic acid groups (broad SMARTS) is 2. The average Bonchev–Trinajstić information content (AvgIpc) is 3.21. The van der Waals surface area contributed by atoms with Crippen molar-refractivity contribution >= 4 is 29.7 Å². The number of amides is 3. The van der Waals surface area contributed by atoms with Gasteiger partial charge >= 0.3 is 11.9 Å². The SMILES string of the molecule is CC(O)C(NC(=O)C(NC(=O)C(Cc1cnc[nH]1)NC(=O)C(N)CC(=O)O)C(C)O)C(=O)O. The molecule has 0 spiro atoms. The van der Waals surface area contributed by atoms with E-state index in [2.05, 4.69) is 20.6 Å². The summed E-state index contributed by atoms with van der Waals surface area (Å²) in [5.74, 6) is -5.86. The molecule has 0 fully saturated rings. The number of imidazole rings is 1. The maximum Gasteiger partial charge on any atom is 0.328 e.